The number of aliphatic carboxylic acids is 1. The van der Waals surface area contributed by atoms with Gasteiger partial charge in [-0.05, 0) is 64.8 Å². The molecule has 0 fully saturated rings. The lowest BCUT2D eigenvalue weighted by Gasteiger charge is -2.13. The average molecular weight is 673 g/mol. The first-order chi connectivity index (χ1) is 25.6. The van der Waals surface area contributed by atoms with Crippen molar-refractivity contribution in [1.82, 2.24) is 9.55 Å². The average Bonchev–Trinajstić information content (AvgIpc) is 4.01. The fourth-order valence-electron chi connectivity index (χ4n) is 7.29. The van der Waals surface area contributed by atoms with Crippen LogP contribution >= 0.6 is 0 Å². The Morgan fingerprint density at radius 2 is 0.942 bits per heavy atom. The Labute approximate surface area is 300 Å². The Morgan fingerprint density at radius 3 is 1.40 bits per heavy atom. The number of hydrogen-bond acceptors (Lipinski definition) is 3. The molecule has 6 heteroatoms. The molecule has 52 heavy (non-hydrogen) atoms. The highest BCUT2D eigenvalue weighted by atomic mass is 16.4. The van der Waals surface area contributed by atoms with Gasteiger partial charge < -0.3 is 14.7 Å². The molecule has 8 bridgehead atoms. The van der Waals surface area contributed by atoms with E-state index in [9.17, 15) is 9.90 Å². The molecule has 0 unspecified atom stereocenters. The molecule has 0 saturated carbocycles. The summed E-state index contributed by atoms with van der Waals surface area (Å²) in [4.78, 5) is 26.9. The van der Waals surface area contributed by atoms with Crippen molar-refractivity contribution in [2.75, 3.05) is 0 Å². The smallest absolute Gasteiger partial charge is 0.323 e. The van der Waals surface area contributed by atoms with Crippen LogP contribution in [-0.4, -0.2) is 32.1 Å². The molecule has 0 saturated heterocycles. The highest BCUT2D eigenvalue weighted by Crippen LogP contribution is 2.38. The van der Waals surface area contributed by atoms with E-state index in [1.165, 1.54) is 0 Å². The number of aromatic nitrogens is 2. The molecule has 2 N–H and O–H groups in total. The number of nitrogens with one attached hydrogen (secondary N) is 1. The van der Waals surface area contributed by atoms with Gasteiger partial charge in [-0.25, -0.2) is 9.98 Å². The van der Waals surface area contributed by atoms with Gasteiger partial charge in [0.2, 0.25) is 0 Å². The van der Waals surface area contributed by atoms with Crippen LogP contribution in [0.5, 0.6) is 0 Å². The molecule has 2 aromatic heterocycles. The molecule has 4 aromatic carbocycles. The van der Waals surface area contributed by atoms with E-state index < -0.39 is 5.97 Å². The summed E-state index contributed by atoms with van der Waals surface area (Å²) in [5.74, 6) is -0.933. The topological polar surface area (TPSA) is 82.7 Å². The number of H-pyrrole nitrogens is 1. The first-order valence-corrected chi connectivity index (χ1v) is 17.2. The molecule has 6 nitrogen and oxygen atoms in total. The van der Waals surface area contributed by atoms with Gasteiger partial charge in [0.05, 0.1) is 28.5 Å². The molecule has 0 aliphatic carbocycles. The number of aromatic amines is 1. The number of aliphatic imine (C=N–C) groups is 2. The van der Waals surface area contributed by atoms with E-state index in [1.807, 2.05) is 102 Å². The van der Waals surface area contributed by atoms with Crippen LogP contribution in [0.1, 0.15) is 33.5 Å². The number of carbonyl (C=O) groups is 1. The number of carboxylic acids is 1. The first kappa shape index (κ1) is 31.0. The maximum Gasteiger partial charge on any atom is 0.323 e. The van der Waals surface area contributed by atoms with Crippen LogP contribution in [0.25, 0.3) is 22.3 Å². The van der Waals surface area contributed by atoms with E-state index in [1.54, 1.807) is 0 Å². The summed E-state index contributed by atoms with van der Waals surface area (Å²) in [6.45, 7) is -0.223. The maximum atomic E-state index is 12.4. The van der Waals surface area contributed by atoms with E-state index >= 15 is 0 Å². The van der Waals surface area contributed by atoms with Gasteiger partial charge in [-0.15, -0.1) is 0 Å². The van der Waals surface area contributed by atoms with Gasteiger partial charge >= 0.3 is 5.97 Å². The third kappa shape index (κ3) is 5.62. The van der Waals surface area contributed by atoms with Gasteiger partial charge in [-0.3, -0.25) is 4.79 Å². The quantitative estimate of drug-likeness (QED) is 0.192. The van der Waals surface area contributed by atoms with Crippen molar-refractivity contribution in [2.24, 2.45) is 9.98 Å². The Balaban J connectivity index is 1.45. The normalized spacial score (nSPS) is 15.0. The van der Waals surface area contributed by atoms with Crippen LogP contribution in [0.3, 0.4) is 0 Å². The van der Waals surface area contributed by atoms with Gasteiger partial charge in [0.25, 0.3) is 0 Å². The predicted molar refractivity (Wildman–Crippen MR) is 208 cm³/mol. The zero-order chi connectivity index (χ0) is 35.0. The summed E-state index contributed by atoms with van der Waals surface area (Å²) in [5, 5.41) is 12.0. The zero-order valence-corrected chi connectivity index (χ0v) is 28.1. The van der Waals surface area contributed by atoms with Gasteiger partial charge in [0.15, 0.2) is 0 Å². The summed E-state index contributed by atoms with van der Waals surface area (Å²) in [6.07, 6.45) is 10.2. The van der Waals surface area contributed by atoms with Crippen LogP contribution in [0.2, 0.25) is 0 Å². The number of carboxylic acid groups (broad SMARTS) is 1. The Kier molecular flexibility index (Phi) is 7.75. The first-order valence-electron chi connectivity index (χ1n) is 17.2. The largest absolute Gasteiger partial charge is 0.480 e. The summed E-state index contributed by atoms with van der Waals surface area (Å²) >= 11 is 0. The summed E-state index contributed by atoms with van der Waals surface area (Å²) in [6, 6.07) is 47.2. The van der Waals surface area contributed by atoms with Crippen molar-refractivity contribution in [2.45, 2.75) is 6.54 Å². The van der Waals surface area contributed by atoms with Gasteiger partial charge in [-0.1, -0.05) is 121 Å². The van der Waals surface area contributed by atoms with Gasteiger partial charge in [0.1, 0.15) is 6.54 Å². The van der Waals surface area contributed by atoms with Crippen molar-refractivity contribution < 1.29 is 9.90 Å². The minimum absolute atomic E-state index is 0.223. The number of rotatable bonds is 6. The Hall–Kier alpha value is -7.05. The molecule has 3 aliphatic heterocycles. The van der Waals surface area contributed by atoms with E-state index in [2.05, 4.69) is 77.8 Å². The molecule has 0 radical (unpaired) electrons. The second-order valence-electron chi connectivity index (χ2n) is 12.8. The molecule has 9 rings (SSSR count). The lowest BCUT2D eigenvalue weighted by Crippen LogP contribution is -2.21. The third-order valence-corrected chi connectivity index (χ3v) is 9.53. The highest BCUT2D eigenvalue weighted by Gasteiger charge is 2.25. The predicted octanol–water partition coefficient (Wildman–Crippen LogP) is 7.55. The van der Waals surface area contributed by atoms with Crippen LogP contribution in [0.15, 0.2) is 191 Å². The molecular weight excluding hydrogens is 641 g/mol. The fourth-order valence-corrected chi connectivity index (χ4v) is 7.29. The number of benzene rings is 4. The van der Waals surface area contributed by atoms with Crippen molar-refractivity contribution >= 4 is 39.7 Å². The van der Waals surface area contributed by atoms with E-state index in [0.29, 0.717) is 0 Å². The zero-order valence-electron chi connectivity index (χ0n) is 28.1. The second kappa shape index (κ2) is 13.0. The molecule has 5 heterocycles. The van der Waals surface area contributed by atoms with Gasteiger partial charge in [-0.2, -0.15) is 0 Å². The summed E-state index contributed by atoms with van der Waals surface area (Å²) < 4.78 is 1.82. The standard InChI is InChI=1S/C46H32N4O2/c51-42(52)29-50-28-34-27-41(50)46(33-19-11-4-12-20-33)40-26-25-39(49-40)45(32-17-9-3-10-18-32)38-24-23-37(48-38)44(31-15-7-2-8-16-31)36-22-21-35(47-36)43(34)30-13-5-1-6-14-30/h1-28,48H,29H2,(H,51,52). The Bertz CT molecular complexity index is 2690. The lowest BCUT2D eigenvalue weighted by molar-refractivity contribution is -0.137. The molecular formula is C46H32N4O2. The Morgan fingerprint density at radius 1 is 0.519 bits per heavy atom. The minimum atomic E-state index is -0.933. The molecule has 0 atom stereocenters. The highest BCUT2D eigenvalue weighted by molar-refractivity contribution is 6.31. The minimum Gasteiger partial charge on any atom is -0.480 e. The van der Waals surface area contributed by atoms with Crippen LogP contribution in [-0.2, 0) is 11.3 Å². The molecule has 248 valence electrons. The number of nitrogens with zero attached hydrogens (tertiary/aromatic N) is 3. The molecule has 0 spiro atoms. The molecule has 0 amide bonds. The van der Waals surface area contributed by atoms with Crippen LogP contribution in [0.4, 0.5) is 0 Å². The summed E-state index contributed by atoms with van der Waals surface area (Å²) in [5.41, 5.74) is 12.4. The van der Waals surface area contributed by atoms with E-state index in [-0.39, 0.29) is 6.54 Å². The van der Waals surface area contributed by atoms with Crippen molar-refractivity contribution in [1.29, 1.82) is 0 Å². The number of fused-ring (bicyclic) bond motifs is 6. The van der Waals surface area contributed by atoms with E-state index in [0.717, 1.165) is 89.3 Å². The second-order valence-corrected chi connectivity index (χ2v) is 12.8. The molecule has 6 aromatic rings. The van der Waals surface area contributed by atoms with Gasteiger partial charge in [0, 0.05) is 44.8 Å². The van der Waals surface area contributed by atoms with Crippen LogP contribution in [0, 0.1) is 0 Å². The maximum absolute atomic E-state index is 12.4. The number of hydrogen-bond donors (Lipinski definition) is 2. The van der Waals surface area contributed by atoms with Crippen molar-refractivity contribution in [3.8, 4) is 0 Å². The summed E-state index contributed by atoms with van der Waals surface area (Å²) in [7, 11) is 0. The number of allylic oxidation sites excluding steroid dienone is 4. The fraction of sp³-hybridized carbons (Fsp3) is 0.0217. The third-order valence-electron chi connectivity index (χ3n) is 9.53. The van der Waals surface area contributed by atoms with Crippen molar-refractivity contribution in [3.63, 3.8) is 0 Å². The SMILES string of the molecule is O=C(O)Cn1cc2cc1C(c1ccccc1)=C1C=CC(=N1)C(c1ccccc1)=c1ccc([nH]1)=C(c1ccccc1)C1=NC(=C2c2ccccc2)C=C1. The molecule has 3 aliphatic rings. The van der Waals surface area contributed by atoms with Crippen molar-refractivity contribution in [3.05, 3.63) is 226 Å². The van der Waals surface area contributed by atoms with Crippen LogP contribution < -0.4 is 10.7 Å². The lowest BCUT2D eigenvalue weighted by atomic mass is 9.96. The monoisotopic (exact) mass is 672 g/mol. The van der Waals surface area contributed by atoms with E-state index in [4.69, 9.17) is 9.98 Å².